The number of halogens is 1. The maximum Gasteiger partial charge on any atom is 0.306 e. The molecule has 1 unspecified atom stereocenters. The SMILES string of the molecule is COc1cc(N2CCC3(CCc4ccc(C(C5CC5)[C@H](C)C(=O)O)cc4O3)CC2)c(Cl)cn1. The number of aliphatic carboxylic acids is 1. The molecule has 2 atom stereocenters. The lowest BCUT2D eigenvalue weighted by Crippen LogP contribution is -2.50. The quantitative estimate of drug-likeness (QED) is 0.615. The molecule has 33 heavy (non-hydrogen) atoms. The highest BCUT2D eigenvalue weighted by atomic mass is 35.5. The number of aryl methyl sites for hydroxylation is 1. The lowest BCUT2D eigenvalue weighted by Gasteiger charge is -2.45. The number of piperidine rings is 1. The number of carboxylic acids is 1. The van der Waals surface area contributed by atoms with Crippen molar-refractivity contribution in [2.24, 2.45) is 11.8 Å². The minimum Gasteiger partial charge on any atom is -0.487 e. The van der Waals surface area contributed by atoms with E-state index in [1.807, 2.05) is 13.0 Å². The summed E-state index contributed by atoms with van der Waals surface area (Å²) in [6.45, 7) is 3.54. The molecule has 5 rings (SSSR count). The van der Waals surface area contributed by atoms with Crippen LogP contribution in [0, 0.1) is 11.8 Å². The number of hydrogen-bond acceptors (Lipinski definition) is 5. The highest BCUT2D eigenvalue weighted by molar-refractivity contribution is 6.33. The number of benzene rings is 1. The first-order valence-electron chi connectivity index (χ1n) is 11.9. The van der Waals surface area contributed by atoms with E-state index in [2.05, 4.69) is 28.1 Å². The van der Waals surface area contributed by atoms with Crippen LogP contribution in [-0.4, -0.2) is 41.9 Å². The Labute approximate surface area is 199 Å². The second kappa shape index (κ2) is 8.71. The molecule has 0 radical (unpaired) electrons. The van der Waals surface area contributed by atoms with E-state index < -0.39 is 11.9 Å². The fraction of sp³-hybridized carbons (Fsp3) is 0.538. The van der Waals surface area contributed by atoms with Crippen molar-refractivity contribution >= 4 is 23.3 Å². The van der Waals surface area contributed by atoms with Crippen molar-refractivity contribution in [3.63, 3.8) is 0 Å². The molecular formula is C26H31ClN2O4. The second-order valence-electron chi connectivity index (χ2n) is 9.81. The lowest BCUT2D eigenvalue weighted by atomic mass is 9.80. The van der Waals surface area contributed by atoms with E-state index in [0.717, 1.165) is 68.6 Å². The van der Waals surface area contributed by atoms with Crippen LogP contribution in [0.3, 0.4) is 0 Å². The van der Waals surface area contributed by atoms with Crippen LogP contribution in [0.1, 0.15) is 56.1 Å². The fourth-order valence-electron chi connectivity index (χ4n) is 5.58. The molecule has 7 heteroatoms. The van der Waals surface area contributed by atoms with Crippen molar-refractivity contribution < 1.29 is 19.4 Å². The van der Waals surface area contributed by atoms with Crippen molar-refractivity contribution in [3.8, 4) is 11.6 Å². The number of carbonyl (C=O) groups is 1. The van der Waals surface area contributed by atoms with E-state index in [-0.39, 0.29) is 11.5 Å². The van der Waals surface area contributed by atoms with Crippen LogP contribution < -0.4 is 14.4 Å². The van der Waals surface area contributed by atoms with Crippen LogP contribution in [0.5, 0.6) is 11.6 Å². The smallest absolute Gasteiger partial charge is 0.306 e. The van der Waals surface area contributed by atoms with Crippen LogP contribution in [-0.2, 0) is 11.2 Å². The molecular weight excluding hydrogens is 440 g/mol. The summed E-state index contributed by atoms with van der Waals surface area (Å²) in [6.07, 6.45) is 7.68. The summed E-state index contributed by atoms with van der Waals surface area (Å²) in [4.78, 5) is 18.2. The molecule has 2 fully saturated rings. The van der Waals surface area contributed by atoms with Gasteiger partial charge in [-0.25, -0.2) is 4.98 Å². The number of hydrogen-bond donors (Lipinski definition) is 1. The third-order valence-corrected chi connectivity index (χ3v) is 8.04. The van der Waals surface area contributed by atoms with Crippen LogP contribution in [0.2, 0.25) is 5.02 Å². The highest BCUT2D eigenvalue weighted by Gasteiger charge is 2.42. The molecule has 176 valence electrons. The molecule has 2 aliphatic heterocycles. The molecule has 1 aromatic carbocycles. The molecule has 0 bridgehead atoms. The first-order chi connectivity index (χ1) is 15.9. The first kappa shape index (κ1) is 22.3. The number of ether oxygens (including phenoxy) is 2. The molecule has 1 spiro atoms. The van der Waals surface area contributed by atoms with Gasteiger partial charge >= 0.3 is 5.97 Å². The van der Waals surface area contributed by atoms with Crippen LogP contribution in [0.25, 0.3) is 0 Å². The summed E-state index contributed by atoms with van der Waals surface area (Å²) in [7, 11) is 1.61. The van der Waals surface area contributed by atoms with Gasteiger partial charge < -0.3 is 19.5 Å². The van der Waals surface area contributed by atoms with E-state index in [1.165, 1.54) is 5.56 Å². The van der Waals surface area contributed by atoms with Crippen molar-refractivity contribution in [1.29, 1.82) is 0 Å². The molecule has 3 aliphatic rings. The molecule has 1 N–H and O–H groups in total. The summed E-state index contributed by atoms with van der Waals surface area (Å²) < 4.78 is 12.0. The normalized spacial score (nSPS) is 21.1. The Morgan fingerprint density at radius 2 is 2.03 bits per heavy atom. The zero-order valence-corrected chi connectivity index (χ0v) is 20.0. The maximum absolute atomic E-state index is 11.7. The van der Waals surface area contributed by atoms with Crippen molar-refractivity contribution in [3.05, 3.63) is 46.6 Å². The van der Waals surface area contributed by atoms with Crippen molar-refractivity contribution in [2.45, 2.75) is 57.0 Å². The van der Waals surface area contributed by atoms with Gasteiger partial charge in [0, 0.05) is 32.0 Å². The van der Waals surface area contributed by atoms with Gasteiger partial charge in [-0.2, -0.15) is 0 Å². The zero-order valence-electron chi connectivity index (χ0n) is 19.2. The van der Waals surface area contributed by atoms with Gasteiger partial charge in [0.25, 0.3) is 0 Å². The topological polar surface area (TPSA) is 71.9 Å². The minimum atomic E-state index is -0.721. The van der Waals surface area contributed by atoms with E-state index in [0.29, 0.717) is 16.8 Å². The Morgan fingerprint density at radius 3 is 2.70 bits per heavy atom. The Morgan fingerprint density at radius 1 is 1.27 bits per heavy atom. The van der Waals surface area contributed by atoms with Gasteiger partial charge in [0.15, 0.2) is 0 Å². The predicted molar refractivity (Wildman–Crippen MR) is 128 cm³/mol. The first-order valence-corrected chi connectivity index (χ1v) is 12.3. The summed E-state index contributed by atoms with van der Waals surface area (Å²) in [5.74, 6) is 0.918. The summed E-state index contributed by atoms with van der Waals surface area (Å²) >= 11 is 6.42. The largest absolute Gasteiger partial charge is 0.487 e. The van der Waals surface area contributed by atoms with Gasteiger partial charge in [0.2, 0.25) is 5.88 Å². The number of carboxylic acid groups (broad SMARTS) is 1. The Kier molecular flexibility index (Phi) is 5.89. The van der Waals surface area contributed by atoms with Crippen LogP contribution in [0.4, 0.5) is 5.69 Å². The van der Waals surface area contributed by atoms with Gasteiger partial charge in [0.05, 0.1) is 29.9 Å². The highest BCUT2D eigenvalue weighted by Crippen LogP contribution is 2.49. The summed E-state index contributed by atoms with van der Waals surface area (Å²) in [5, 5.41) is 10.3. The Balaban J connectivity index is 1.33. The standard InChI is InChI=1S/C26H31ClN2O4/c1-16(25(30)31)24(18-4-5-18)19-6-3-17-7-8-26(33-22(17)13-19)9-11-29(12-10-26)21-14-23(32-2)28-15-20(21)27/h3,6,13-16,18,24H,4-5,7-12H2,1-2H3,(H,30,31)/t16-,24?/m0/s1. The third kappa shape index (κ3) is 4.37. The number of fused-ring (bicyclic) bond motifs is 1. The minimum absolute atomic E-state index is 0.0555. The van der Waals surface area contributed by atoms with Gasteiger partial charge in [-0.1, -0.05) is 30.7 Å². The van der Waals surface area contributed by atoms with E-state index in [1.54, 1.807) is 13.3 Å². The van der Waals surface area contributed by atoms with Crippen LogP contribution in [0.15, 0.2) is 30.5 Å². The molecule has 3 heterocycles. The lowest BCUT2D eigenvalue weighted by molar-refractivity contribution is -0.142. The molecule has 1 aromatic heterocycles. The number of methoxy groups -OCH3 is 1. The summed E-state index contributed by atoms with van der Waals surface area (Å²) in [6, 6.07) is 8.31. The van der Waals surface area contributed by atoms with Crippen molar-refractivity contribution in [2.75, 3.05) is 25.1 Å². The molecule has 1 saturated heterocycles. The number of aromatic nitrogens is 1. The molecule has 6 nitrogen and oxygen atoms in total. The number of anilines is 1. The molecule has 2 aromatic rings. The van der Waals surface area contributed by atoms with Gasteiger partial charge in [-0.3, -0.25) is 4.79 Å². The van der Waals surface area contributed by atoms with E-state index in [4.69, 9.17) is 21.1 Å². The van der Waals surface area contributed by atoms with Gasteiger partial charge in [0.1, 0.15) is 11.4 Å². The second-order valence-corrected chi connectivity index (χ2v) is 10.2. The van der Waals surface area contributed by atoms with E-state index in [9.17, 15) is 9.90 Å². The monoisotopic (exact) mass is 470 g/mol. The molecule has 1 saturated carbocycles. The van der Waals surface area contributed by atoms with E-state index >= 15 is 0 Å². The maximum atomic E-state index is 11.7. The average molecular weight is 471 g/mol. The Bertz CT molecular complexity index is 1050. The molecule has 1 aliphatic carbocycles. The average Bonchev–Trinajstić information content (AvgIpc) is 3.65. The summed E-state index contributed by atoms with van der Waals surface area (Å²) in [5.41, 5.74) is 3.11. The van der Waals surface area contributed by atoms with Crippen LogP contribution >= 0.6 is 11.6 Å². The molecule has 0 amide bonds. The Hall–Kier alpha value is -2.47. The predicted octanol–water partition coefficient (Wildman–Crippen LogP) is 5.32. The number of nitrogens with zero attached hydrogens (tertiary/aromatic N) is 2. The number of pyridine rings is 1. The fourth-order valence-corrected chi connectivity index (χ4v) is 5.80. The zero-order chi connectivity index (χ0) is 23.2. The van der Waals surface area contributed by atoms with Gasteiger partial charge in [-0.15, -0.1) is 0 Å². The number of rotatable bonds is 6. The van der Waals surface area contributed by atoms with Gasteiger partial charge in [-0.05, 0) is 54.7 Å². The van der Waals surface area contributed by atoms with Crippen molar-refractivity contribution in [1.82, 2.24) is 4.98 Å². The third-order valence-electron chi connectivity index (χ3n) is 7.75.